The van der Waals surface area contributed by atoms with E-state index in [0.717, 1.165) is 22.6 Å². The van der Waals surface area contributed by atoms with E-state index >= 15 is 0 Å². The predicted molar refractivity (Wildman–Crippen MR) is 110 cm³/mol. The Kier molecular flexibility index (Phi) is 5.64. The third kappa shape index (κ3) is 4.81. The molecule has 0 saturated carbocycles. The summed E-state index contributed by atoms with van der Waals surface area (Å²) >= 11 is 1.44. The van der Waals surface area contributed by atoms with Crippen molar-refractivity contribution in [3.63, 3.8) is 0 Å². The van der Waals surface area contributed by atoms with E-state index in [-0.39, 0.29) is 5.91 Å². The quantitative estimate of drug-likeness (QED) is 0.612. The van der Waals surface area contributed by atoms with Gasteiger partial charge in [-0.05, 0) is 31.2 Å². The first kappa shape index (κ1) is 18.4. The monoisotopic (exact) mass is 374 g/mol. The van der Waals surface area contributed by atoms with E-state index in [2.05, 4.69) is 21.7 Å². The van der Waals surface area contributed by atoms with Crippen molar-refractivity contribution < 1.29 is 4.79 Å². The SMILES string of the molecule is CC(=O)Nc1ccc(NC=C(C#N)c2nc(-c3ccc(C)cc3)cs2)cc1. The molecule has 6 heteroatoms. The standard InChI is InChI=1S/C21H18N4OS/c1-14-3-5-16(6-4-14)20-13-27-21(25-20)17(11-22)12-23-18-7-9-19(10-8-18)24-15(2)26/h3-10,12-13,23H,1-2H3,(H,24,26). The summed E-state index contributed by atoms with van der Waals surface area (Å²) in [4.78, 5) is 15.6. The van der Waals surface area contributed by atoms with Gasteiger partial charge in [-0.3, -0.25) is 4.79 Å². The van der Waals surface area contributed by atoms with E-state index in [1.54, 1.807) is 18.3 Å². The Bertz CT molecular complexity index is 1010. The Hall–Kier alpha value is -3.43. The summed E-state index contributed by atoms with van der Waals surface area (Å²) in [5.74, 6) is -0.115. The molecule has 5 nitrogen and oxygen atoms in total. The number of nitrogens with one attached hydrogen (secondary N) is 2. The van der Waals surface area contributed by atoms with Crippen LogP contribution in [-0.4, -0.2) is 10.9 Å². The first-order valence-electron chi connectivity index (χ1n) is 8.32. The van der Waals surface area contributed by atoms with Crippen molar-refractivity contribution in [2.24, 2.45) is 0 Å². The molecular formula is C21H18N4OS. The number of anilines is 2. The molecule has 0 spiro atoms. The highest BCUT2D eigenvalue weighted by Crippen LogP contribution is 2.26. The minimum Gasteiger partial charge on any atom is -0.360 e. The number of thiazole rings is 1. The Morgan fingerprint density at radius 2 is 1.78 bits per heavy atom. The summed E-state index contributed by atoms with van der Waals surface area (Å²) in [6.07, 6.45) is 1.64. The molecular weight excluding hydrogens is 356 g/mol. The number of aromatic nitrogens is 1. The minimum absolute atomic E-state index is 0.115. The summed E-state index contributed by atoms with van der Waals surface area (Å²) in [6, 6.07) is 17.6. The molecule has 0 aliphatic carbocycles. The second kappa shape index (κ2) is 8.30. The van der Waals surface area contributed by atoms with Crippen molar-refractivity contribution in [2.45, 2.75) is 13.8 Å². The van der Waals surface area contributed by atoms with Crippen LogP contribution in [-0.2, 0) is 4.79 Å². The van der Waals surface area contributed by atoms with Crippen LogP contribution in [0.5, 0.6) is 0 Å². The maximum atomic E-state index is 11.1. The third-order valence-electron chi connectivity index (χ3n) is 3.79. The summed E-state index contributed by atoms with van der Waals surface area (Å²) in [5.41, 5.74) is 5.08. The van der Waals surface area contributed by atoms with Gasteiger partial charge in [0.05, 0.1) is 5.69 Å². The van der Waals surface area contributed by atoms with Gasteiger partial charge in [0.25, 0.3) is 0 Å². The zero-order valence-electron chi connectivity index (χ0n) is 15.0. The van der Waals surface area contributed by atoms with Gasteiger partial charge in [-0.1, -0.05) is 29.8 Å². The average Bonchev–Trinajstić information content (AvgIpc) is 3.14. The fourth-order valence-electron chi connectivity index (χ4n) is 2.40. The smallest absolute Gasteiger partial charge is 0.221 e. The summed E-state index contributed by atoms with van der Waals surface area (Å²) < 4.78 is 0. The first-order chi connectivity index (χ1) is 13.0. The molecule has 0 bridgehead atoms. The van der Waals surface area contributed by atoms with Crippen molar-refractivity contribution in [3.8, 4) is 17.3 Å². The van der Waals surface area contributed by atoms with Crippen molar-refractivity contribution in [2.75, 3.05) is 10.6 Å². The van der Waals surface area contributed by atoms with Crippen LogP contribution in [0.2, 0.25) is 0 Å². The maximum Gasteiger partial charge on any atom is 0.221 e. The fraction of sp³-hybridized carbons (Fsp3) is 0.0952. The van der Waals surface area contributed by atoms with Crippen molar-refractivity contribution >= 4 is 34.2 Å². The molecule has 0 atom stereocenters. The van der Waals surface area contributed by atoms with Gasteiger partial charge in [-0.2, -0.15) is 5.26 Å². The van der Waals surface area contributed by atoms with Crippen molar-refractivity contribution in [1.82, 2.24) is 4.98 Å². The molecule has 2 N–H and O–H groups in total. The molecule has 0 fully saturated rings. The lowest BCUT2D eigenvalue weighted by molar-refractivity contribution is -0.114. The van der Waals surface area contributed by atoms with Gasteiger partial charge in [-0.15, -0.1) is 11.3 Å². The molecule has 27 heavy (non-hydrogen) atoms. The van der Waals surface area contributed by atoms with E-state index in [1.165, 1.54) is 23.8 Å². The minimum atomic E-state index is -0.115. The molecule has 1 heterocycles. The number of allylic oxidation sites excluding steroid dienone is 1. The molecule has 0 unspecified atom stereocenters. The molecule has 2 aromatic carbocycles. The van der Waals surface area contributed by atoms with E-state index in [4.69, 9.17) is 0 Å². The highest BCUT2D eigenvalue weighted by atomic mass is 32.1. The zero-order valence-corrected chi connectivity index (χ0v) is 15.8. The zero-order chi connectivity index (χ0) is 19.2. The van der Waals surface area contributed by atoms with Gasteiger partial charge in [0.2, 0.25) is 5.91 Å². The number of carbonyl (C=O) groups excluding carboxylic acids is 1. The van der Waals surface area contributed by atoms with Crippen LogP contribution >= 0.6 is 11.3 Å². The van der Waals surface area contributed by atoms with Crippen LogP contribution in [0.15, 0.2) is 60.1 Å². The van der Waals surface area contributed by atoms with Gasteiger partial charge < -0.3 is 10.6 Å². The molecule has 0 aliphatic rings. The number of rotatable bonds is 5. The lowest BCUT2D eigenvalue weighted by Gasteiger charge is -2.04. The largest absolute Gasteiger partial charge is 0.360 e. The first-order valence-corrected chi connectivity index (χ1v) is 9.20. The molecule has 0 aliphatic heterocycles. The molecule has 3 rings (SSSR count). The number of benzene rings is 2. The predicted octanol–water partition coefficient (Wildman–Crippen LogP) is 5.05. The Labute approximate surface area is 162 Å². The van der Waals surface area contributed by atoms with E-state index in [9.17, 15) is 10.1 Å². The van der Waals surface area contributed by atoms with Gasteiger partial charge >= 0.3 is 0 Å². The Morgan fingerprint density at radius 1 is 1.11 bits per heavy atom. The van der Waals surface area contributed by atoms with Crippen molar-refractivity contribution in [1.29, 1.82) is 5.26 Å². The topological polar surface area (TPSA) is 77.8 Å². The lowest BCUT2D eigenvalue weighted by Crippen LogP contribution is -2.05. The highest BCUT2D eigenvalue weighted by molar-refractivity contribution is 7.11. The molecule has 0 saturated heterocycles. The number of nitriles is 1. The summed E-state index contributed by atoms with van der Waals surface area (Å²) in [7, 11) is 0. The van der Waals surface area contributed by atoms with Crippen LogP contribution in [0.3, 0.4) is 0 Å². The second-order valence-electron chi connectivity index (χ2n) is 5.98. The Morgan fingerprint density at radius 3 is 2.41 bits per heavy atom. The number of hydrogen-bond donors (Lipinski definition) is 2. The number of aryl methyl sites for hydroxylation is 1. The van der Waals surface area contributed by atoms with Crippen LogP contribution in [0.4, 0.5) is 11.4 Å². The molecule has 3 aromatic rings. The van der Waals surface area contributed by atoms with Gasteiger partial charge in [0, 0.05) is 35.4 Å². The van der Waals surface area contributed by atoms with Gasteiger partial charge in [-0.25, -0.2) is 4.98 Å². The van der Waals surface area contributed by atoms with Crippen LogP contribution in [0, 0.1) is 18.3 Å². The maximum absolute atomic E-state index is 11.1. The number of carbonyl (C=O) groups is 1. The van der Waals surface area contributed by atoms with Crippen LogP contribution < -0.4 is 10.6 Å². The molecule has 1 amide bonds. The summed E-state index contributed by atoms with van der Waals surface area (Å²) in [5, 5.41) is 17.9. The molecule has 0 radical (unpaired) electrons. The number of nitrogens with zero attached hydrogens (tertiary/aromatic N) is 2. The van der Waals surface area contributed by atoms with E-state index in [0.29, 0.717) is 10.6 Å². The van der Waals surface area contributed by atoms with Crippen molar-refractivity contribution in [3.05, 3.63) is 70.7 Å². The van der Waals surface area contributed by atoms with Gasteiger partial charge in [0.1, 0.15) is 16.6 Å². The fourth-order valence-corrected chi connectivity index (χ4v) is 3.20. The summed E-state index contributed by atoms with van der Waals surface area (Å²) in [6.45, 7) is 3.51. The number of amides is 1. The third-order valence-corrected chi connectivity index (χ3v) is 4.67. The van der Waals surface area contributed by atoms with Crippen LogP contribution in [0.1, 0.15) is 17.5 Å². The average molecular weight is 374 g/mol. The lowest BCUT2D eigenvalue weighted by atomic mass is 10.1. The second-order valence-corrected chi connectivity index (χ2v) is 6.83. The molecule has 134 valence electrons. The number of hydrogen-bond acceptors (Lipinski definition) is 5. The Balaban J connectivity index is 1.74. The highest BCUT2D eigenvalue weighted by Gasteiger charge is 2.09. The van der Waals surface area contributed by atoms with E-state index < -0.39 is 0 Å². The van der Waals surface area contributed by atoms with Gasteiger partial charge in [0.15, 0.2) is 0 Å². The normalized spacial score (nSPS) is 10.9. The van der Waals surface area contributed by atoms with E-state index in [1.807, 2.05) is 48.7 Å². The van der Waals surface area contributed by atoms with Crippen LogP contribution in [0.25, 0.3) is 16.8 Å². The molecule has 1 aromatic heterocycles.